The summed E-state index contributed by atoms with van der Waals surface area (Å²) in [4.78, 5) is 27.5. The van der Waals surface area contributed by atoms with Crippen molar-refractivity contribution in [3.63, 3.8) is 0 Å². The highest BCUT2D eigenvalue weighted by Gasteiger charge is 2.14. The number of rotatable bonds is 3. The molecule has 1 aliphatic heterocycles. The van der Waals surface area contributed by atoms with E-state index in [1.807, 2.05) is 30.6 Å². The summed E-state index contributed by atoms with van der Waals surface area (Å²) in [5, 5.41) is 3.82. The average molecular weight is 427 g/mol. The molecule has 150 valence electrons. The molecular weight excluding hydrogens is 404 g/mol. The minimum absolute atomic E-state index is 0. The van der Waals surface area contributed by atoms with Gasteiger partial charge in [0.25, 0.3) is 5.56 Å². The number of H-pyrrole nitrogens is 1. The van der Waals surface area contributed by atoms with Gasteiger partial charge in [-0.2, -0.15) is 0 Å². The van der Waals surface area contributed by atoms with Crippen molar-refractivity contribution in [3.05, 3.63) is 57.3 Å². The second kappa shape index (κ2) is 8.22. The highest BCUT2D eigenvalue weighted by atomic mass is 35.5. The molecule has 4 heterocycles. The Labute approximate surface area is 179 Å². The van der Waals surface area contributed by atoms with Crippen LogP contribution in [0, 0.1) is 6.92 Å². The number of nitrogens with zero attached hydrogens (tertiary/aromatic N) is 3. The van der Waals surface area contributed by atoms with Gasteiger partial charge in [0.15, 0.2) is 5.82 Å². The van der Waals surface area contributed by atoms with E-state index in [0.717, 1.165) is 40.8 Å². The van der Waals surface area contributed by atoms with E-state index in [4.69, 9.17) is 4.98 Å². The monoisotopic (exact) mass is 426 g/mol. The van der Waals surface area contributed by atoms with E-state index >= 15 is 0 Å². The molecule has 29 heavy (non-hydrogen) atoms. The van der Waals surface area contributed by atoms with E-state index in [0.29, 0.717) is 16.9 Å². The number of pyridine rings is 1. The van der Waals surface area contributed by atoms with Crippen LogP contribution >= 0.6 is 23.7 Å². The van der Waals surface area contributed by atoms with Gasteiger partial charge in [-0.05, 0) is 72.9 Å². The number of hydrogen-bond acceptors (Lipinski definition) is 5. The Morgan fingerprint density at radius 2 is 2.00 bits per heavy atom. The Balaban J connectivity index is 0.00000205. The lowest BCUT2D eigenvalue weighted by Gasteiger charge is -2.26. The number of thiophene rings is 1. The Morgan fingerprint density at radius 3 is 2.83 bits per heavy atom. The summed E-state index contributed by atoms with van der Waals surface area (Å²) in [7, 11) is 0. The maximum atomic E-state index is 12.8. The van der Waals surface area contributed by atoms with Gasteiger partial charge in [-0.3, -0.25) is 14.7 Å². The Bertz CT molecular complexity index is 1230. The van der Waals surface area contributed by atoms with Gasteiger partial charge in [0.2, 0.25) is 0 Å². The molecular formula is C22H23ClN4OS. The van der Waals surface area contributed by atoms with Gasteiger partial charge in [0.1, 0.15) is 5.69 Å². The van der Waals surface area contributed by atoms with Crippen LogP contribution in [0.3, 0.4) is 0 Å². The number of benzene rings is 1. The van der Waals surface area contributed by atoms with E-state index in [1.165, 1.54) is 24.8 Å². The third-order valence-corrected chi connectivity index (χ3v) is 6.37. The summed E-state index contributed by atoms with van der Waals surface area (Å²) < 4.78 is 1.13. The van der Waals surface area contributed by atoms with Crippen molar-refractivity contribution >= 4 is 44.7 Å². The maximum absolute atomic E-state index is 12.8. The summed E-state index contributed by atoms with van der Waals surface area (Å²) in [5.41, 5.74) is 3.57. The summed E-state index contributed by atoms with van der Waals surface area (Å²) >= 11 is 1.66. The van der Waals surface area contributed by atoms with Crippen LogP contribution in [0.5, 0.6) is 0 Å². The standard InChI is InChI=1S/C22H22N4OS.ClH/c1-14-9-15(13-26-6-3-2-4-7-26)10-17-20(14)24-21(25-22(17)27)18-11-16-5-8-28-19(16)12-23-18;/h5,8-12H,2-4,6-7,13H2,1H3,(H,24,25,27);1H. The molecule has 1 aliphatic rings. The number of piperidine rings is 1. The van der Waals surface area contributed by atoms with Crippen molar-refractivity contribution < 1.29 is 0 Å². The first-order valence-electron chi connectivity index (χ1n) is 9.77. The SMILES string of the molecule is Cc1cc(CN2CCCCC2)cc2c(=O)[nH]c(-c3cc4ccsc4cn3)nc12.Cl. The van der Waals surface area contributed by atoms with E-state index < -0.39 is 0 Å². The molecule has 3 aromatic heterocycles. The van der Waals surface area contributed by atoms with Gasteiger partial charge < -0.3 is 4.98 Å². The highest BCUT2D eigenvalue weighted by Crippen LogP contribution is 2.25. The van der Waals surface area contributed by atoms with E-state index in [9.17, 15) is 4.79 Å². The van der Waals surface area contributed by atoms with Gasteiger partial charge >= 0.3 is 0 Å². The second-order valence-electron chi connectivity index (χ2n) is 7.59. The van der Waals surface area contributed by atoms with Gasteiger partial charge in [0, 0.05) is 12.7 Å². The van der Waals surface area contributed by atoms with Crippen LogP contribution < -0.4 is 5.56 Å². The molecule has 1 saturated heterocycles. The number of halogens is 1. The first-order valence-corrected chi connectivity index (χ1v) is 10.6. The Kier molecular flexibility index (Phi) is 5.67. The Hall–Kier alpha value is -2.28. The minimum atomic E-state index is -0.101. The van der Waals surface area contributed by atoms with Crippen LogP contribution in [-0.4, -0.2) is 32.9 Å². The largest absolute Gasteiger partial charge is 0.305 e. The molecule has 1 aromatic carbocycles. The number of aromatic amines is 1. The number of likely N-dealkylation sites (tertiary alicyclic amines) is 1. The number of aromatic nitrogens is 3. The summed E-state index contributed by atoms with van der Waals surface area (Å²) in [6, 6.07) is 8.21. The maximum Gasteiger partial charge on any atom is 0.259 e. The van der Waals surface area contributed by atoms with Crippen LogP contribution in [0.4, 0.5) is 0 Å². The third-order valence-electron chi connectivity index (χ3n) is 5.50. The highest BCUT2D eigenvalue weighted by molar-refractivity contribution is 7.17. The predicted octanol–water partition coefficient (Wildman–Crippen LogP) is 4.92. The van der Waals surface area contributed by atoms with Crippen molar-refractivity contribution in [1.29, 1.82) is 0 Å². The smallest absolute Gasteiger partial charge is 0.259 e. The van der Waals surface area contributed by atoms with Gasteiger partial charge in [-0.15, -0.1) is 23.7 Å². The zero-order chi connectivity index (χ0) is 19.1. The lowest BCUT2D eigenvalue weighted by molar-refractivity contribution is 0.221. The molecule has 1 fully saturated rings. The number of hydrogen-bond donors (Lipinski definition) is 1. The van der Waals surface area contributed by atoms with Crippen molar-refractivity contribution in [2.75, 3.05) is 13.1 Å². The quantitative estimate of drug-likeness (QED) is 0.505. The molecule has 4 aromatic rings. The van der Waals surface area contributed by atoms with Gasteiger partial charge in [-0.25, -0.2) is 4.98 Å². The predicted molar refractivity (Wildman–Crippen MR) is 122 cm³/mol. The summed E-state index contributed by atoms with van der Waals surface area (Å²) in [6.45, 7) is 5.21. The normalized spacial score (nSPS) is 14.9. The molecule has 5 rings (SSSR count). The van der Waals surface area contributed by atoms with Gasteiger partial charge in [0.05, 0.1) is 15.6 Å². The topological polar surface area (TPSA) is 61.9 Å². The molecule has 0 radical (unpaired) electrons. The lowest BCUT2D eigenvalue weighted by Crippen LogP contribution is -2.29. The van der Waals surface area contributed by atoms with Crippen molar-refractivity contribution in [1.82, 2.24) is 19.9 Å². The van der Waals surface area contributed by atoms with Crippen molar-refractivity contribution in [2.24, 2.45) is 0 Å². The van der Waals surface area contributed by atoms with E-state index in [-0.39, 0.29) is 18.0 Å². The third kappa shape index (κ3) is 3.92. The number of fused-ring (bicyclic) bond motifs is 2. The van der Waals surface area contributed by atoms with Crippen molar-refractivity contribution in [2.45, 2.75) is 32.7 Å². The summed E-state index contributed by atoms with van der Waals surface area (Å²) in [5.74, 6) is 0.525. The summed E-state index contributed by atoms with van der Waals surface area (Å²) in [6.07, 6.45) is 5.69. The fourth-order valence-electron chi connectivity index (χ4n) is 4.08. The number of nitrogens with one attached hydrogen (secondary N) is 1. The van der Waals surface area contributed by atoms with Crippen LogP contribution in [-0.2, 0) is 6.54 Å². The molecule has 0 amide bonds. The molecule has 0 bridgehead atoms. The molecule has 1 N–H and O–H groups in total. The minimum Gasteiger partial charge on any atom is -0.305 e. The Morgan fingerprint density at radius 1 is 1.17 bits per heavy atom. The fourth-order valence-corrected chi connectivity index (χ4v) is 4.81. The zero-order valence-electron chi connectivity index (χ0n) is 16.3. The van der Waals surface area contributed by atoms with Crippen LogP contribution in [0.2, 0.25) is 0 Å². The van der Waals surface area contributed by atoms with Crippen molar-refractivity contribution in [3.8, 4) is 11.5 Å². The van der Waals surface area contributed by atoms with E-state index in [2.05, 4.69) is 27.0 Å². The average Bonchev–Trinajstić information content (AvgIpc) is 3.17. The van der Waals surface area contributed by atoms with Crippen LogP contribution in [0.15, 0.2) is 40.6 Å². The zero-order valence-corrected chi connectivity index (χ0v) is 17.9. The fraction of sp³-hybridized carbons (Fsp3) is 0.318. The molecule has 7 heteroatoms. The molecule has 0 spiro atoms. The first kappa shape index (κ1) is 20.0. The molecule has 0 saturated carbocycles. The molecule has 5 nitrogen and oxygen atoms in total. The molecule has 0 unspecified atom stereocenters. The lowest BCUT2D eigenvalue weighted by atomic mass is 10.0. The van der Waals surface area contributed by atoms with Gasteiger partial charge in [-0.1, -0.05) is 12.5 Å². The number of aryl methyl sites for hydroxylation is 1. The van der Waals surface area contributed by atoms with E-state index in [1.54, 1.807) is 11.3 Å². The second-order valence-corrected chi connectivity index (χ2v) is 8.54. The van der Waals surface area contributed by atoms with Crippen LogP contribution in [0.1, 0.15) is 30.4 Å². The molecule has 0 atom stereocenters. The first-order chi connectivity index (χ1) is 13.7. The molecule has 0 aliphatic carbocycles. The van der Waals surface area contributed by atoms with Crippen LogP contribution in [0.25, 0.3) is 32.5 Å².